The molecule has 1 aromatic carbocycles. The summed E-state index contributed by atoms with van der Waals surface area (Å²) in [5, 5.41) is 2.79. The molecule has 0 bridgehead atoms. The molecule has 1 heterocycles. The van der Waals surface area contributed by atoms with Crippen LogP contribution in [0.5, 0.6) is 0 Å². The van der Waals surface area contributed by atoms with Gasteiger partial charge in [-0.3, -0.25) is 0 Å². The summed E-state index contributed by atoms with van der Waals surface area (Å²) in [6.45, 7) is 2.40. The fraction of sp³-hybridized carbons (Fsp3) is 0.364. The fourth-order valence-corrected chi connectivity index (χ4v) is 1.90. The Labute approximate surface area is 97.6 Å². The topological polar surface area (TPSA) is 32.3 Å². The first-order valence-electron chi connectivity index (χ1n) is 5.03. The molecule has 0 saturated carbocycles. The highest BCUT2D eigenvalue weighted by Gasteiger charge is 2.18. The van der Waals surface area contributed by atoms with Crippen molar-refractivity contribution < 1.29 is 4.79 Å². The Balaban J connectivity index is 1.87. The van der Waals surface area contributed by atoms with Crippen molar-refractivity contribution in [1.29, 1.82) is 0 Å². The van der Waals surface area contributed by atoms with E-state index in [4.69, 9.17) is 0 Å². The van der Waals surface area contributed by atoms with Crippen molar-refractivity contribution in [3.63, 3.8) is 0 Å². The molecule has 80 valence electrons. The van der Waals surface area contributed by atoms with Gasteiger partial charge >= 0.3 is 6.03 Å². The van der Waals surface area contributed by atoms with Crippen LogP contribution in [0.3, 0.4) is 0 Å². The quantitative estimate of drug-likeness (QED) is 0.894. The van der Waals surface area contributed by atoms with Crippen molar-refractivity contribution in [1.82, 2.24) is 10.2 Å². The standard InChI is InChI=1S/C11H13BrN2O/c12-10-3-1-9(2-4-10)5-7-14-8-6-13-11(14)15/h1-4H,5-8H2,(H,13,15). The Kier molecular flexibility index (Phi) is 3.26. The molecule has 3 nitrogen and oxygen atoms in total. The molecule has 0 aromatic heterocycles. The first-order chi connectivity index (χ1) is 7.25. The summed E-state index contributed by atoms with van der Waals surface area (Å²) in [5.41, 5.74) is 1.26. The molecule has 0 spiro atoms. The minimum Gasteiger partial charge on any atom is -0.336 e. The van der Waals surface area contributed by atoms with Gasteiger partial charge in [-0.25, -0.2) is 4.79 Å². The molecule has 0 atom stereocenters. The van der Waals surface area contributed by atoms with E-state index in [9.17, 15) is 4.79 Å². The zero-order valence-electron chi connectivity index (χ0n) is 8.37. The Morgan fingerprint density at radius 1 is 1.33 bits per heavy atom. The van der Waals surface area contributed by atoms with Crippen molar-refractivity contribution in [2.45, 2.75) is 6.42 Å². The highest BCUT2D eigenvalue weighted by molar-refractivity contribution is 9.10. The minimum atomic E-state index is 0.0621. The van der Waals surface area contributed by atoms with Gasteiger partial charge in [0.05, 0.1) is 0 Å². The minimum absolute atomic E-state index is 0.0621. The number of amides is 2. The van der Waals surface area contributed by atoms with Crippen molar-refractivity contribution in [2.24, 2.45) is 0 Å². The lowest BCUT2D eigenvalue weighted by Crippen LogP contribution is -2.29. The number of nitrogens with one attached hydrogen (secondary N) is 1. The number of rotatable bonds is 3. The molecule has 1 aliphatic rings. The Morgan fingerprint density at radius 2 is 2.07 bits per heavy atom. The Morgan fingerprint density at radius 3 is 2.67 bits per heavy atom. The summed E-state index contributed by atoms with van der Waals surface area (Å²) in [6.07, 6.45) is 0.917. The zero-order valence-corrected chi connectivity index (χ0v) is 9.96. The average Bonchev–Trinajstić information content (AvgIpc) is 2.63. The predicted molar refractivity (Wildman–Crippen MR) is 62.8 cm³/mol. The normalized spacial score (nSPS) is 15.5. The molecule has 0 unspecified atom stereocenters. The molecule has 1 saturated heterocycles. The maximum Gasteiger partial charge on any atom is 0.317 e. The van der Waals surface area contributed by atoms with Crippen LogP contribution in [-0.2, 0) is 6.42 Å². The highest BCUT2D eigenvalue weighted by Crippen LogP contribution is 2.11. The van der Waals surface area contributed by atoms with Crippen molar-refractivity contribution in [3.05, 3.63) is 34.3 Å². The van der Waals surface area contributed by atoms with E-state index in [1.807, 2.05) is 17.0 Å². The maximum atomic E-state index is 11.3. The smallest absolute Gasteiger partial charge is 0.317 e. The lowest BCUT2D eigenvalue weighted by Gasteiger charge is -2.13. The Bertz CT molecular complexity index is 350. The first kappa shape index (κ1) is 10.5. The largest absolute Gasteiger partial charge is 0.336 e. The molecule has 1 N–H and O–H groups in total. The van der Waals surface area contributed by atoms with Crippen LogP contribution < -0.4 is 5.32 Å². The maximum absolute atomic E-state index is 11.3. The monoisotopic (exact) mass is 268 g/mol. The number of hydrogen-bond acceptors (Lipinski definition) is 1. The summed E-state index contributed by atoms with van der Waals surface area (Å²) in [5.74, 6) is 0. The summed E-state index contributed by atoms with van der Waals surface area (Å²) >= 11 is 3.40. The molecular weight excluding hydrogens is 256 g/mol. The van der Waals surface area contributed by atoms with E-state index in [-0.39, 0.29) is 6.03 Å². The molecule has 1 aliphatic heterocycles. The number of hydrogen-bond donors (Lipinski definition) is 1. The van der Waals surface area contributed by atoms with Crippen LogP contribution in [0.15, 0.2) is 28.7 Å². The molecule has 4 heteroatoms. The van der Waals surface area contributed by atoms with Crippen LogP contribution >= 0.6 is 15.9 Å². The van der Waals surface area contributed by atoms with Crippen LogP contribution in [0.4, 0.5) is 4.79 Å². The summed E-state index contributed by atoms with van der Waals surface area (Å²) < 4.78 is 1.09. The van der Waals surface area contributed by atoms with E-state index >= 15 is 0 Å². The SMILES string of the molecule is O=C1NCCN1CCc1ccc(Br)cc1. The van der Waals surface area contributed by atoms with Gasteiger partial charge in [0.25, 0.3) is 0 Å². The summed E-state index contributed by atoms with van der Waals surface area (Å²) in [7, 11) is 0. The van der Waals surface area contributed by atoms with Gasteiger partial charge in [-0.1, -0.05) is 28.1 Å². The van der Waals surface area contributed by atoms with Crippen LogP contribution in [0.25, 0.3) is 0 Å². The van der Waals surface area contributed by atoms with Gasteiger partial charge in [-0.15, -0.1) is 0 Å². The van der Waals surface area contributed by atoms with Crippen LogP contribution in [-0.4, -0.2) is 30.6 Å². The summed E-state index contributed by atoms with van der Waals surface area (Å²) in [6, 6.07) is 8.28. The van der Waals surface area contributed by atoms with E-state index < -0.39 is 0 Å². The third kappa shape index (κ3) is 2.72. The van der Waals surface area contributed by atoms with E-state index in [1.54, 1.807) is 0 Å². The third-order valence-corrected chi connectivity index (χ3v) is 3.06. The molecule has 0 aliphatic carbocycles. The number of carbonyl (C=O) groups excluding carboxylic acids is 1. The fourth-order valence-electron chi connectivity index (χ4n) is 1.64. The lowest BCUT2D eigenvalue weighted by atomic mass is 10.1. The van der Waals surface area contributed by atoms with Gasteiger partial charge in [0.2, 0.25) is 0 Å². The molecule has 1 fully saturated rings. The number of benzene rings is 1. The number of carbonyl (C=O) groups is 1. The number of nitrogens with zero attached hydrogens (tertiary/aromatic N) is 1. The van der Waals surface area contributed by atoms with E-state index in [2.05, 4.69) is 33.4 Å². The van der Waals surface area contributed by atoms with Crippen LogP contribution in [0, 0.1) is 0 Å². The molecule has 1 aromatic rings. The second kappa shape index (κ2) is 4.66. The first-order valence-corrected chi connectivity index (χ1v) is 5.82. The van der Waals surface area contributed by atoms with Crippen molar-refractivity contribution >= 4 is 22.0 Å². The highest BCUT2D eigenvalue weighted by atomic mass is 79.9. The molecule has 2 amide bonds. The second-order valence-corrected chi connectivity index (χ2v) is 4.51. The van der Waals surface area contributed by atoms with Crippen molar-refractivity contribution in [3.8, 4) is 0 Å². The number of halogens is 1. The van der Waals surface area contributed by atoms with Crippen molar-refractivity contribution in [2.75, 3.05) is 19.6 Å². The van der Waals surface area contributed by atoms with E-state index in [0.717, 1.165) is 30.5 Å². The molecule has 15 heavy (non-hydrogen) atoms. The van der Waals surface area contributed by atoms with Gasteiger partial charge in [0, 0.05) is 24.1 Å². The van der Waals surface area contributed by atoms with Gasteiger partial charge in [-0.05, 0) is 24.1 Å². The zero-order chi connectivity index (χ0) is 10.7. The van der Waals surface area contributed by atoms with Gasteiger partial charge < -0.3 is 10.2 Å². The molecular formula is C11H13BrN2O. The molecule has 2 rings (SSSR count). The number of urea groups is 1. The van der Waals surface area contributed by atoms with Gasteiger partial charge in [0.15, 0.2) is 0 Å². The average molecular weight is 269 g/mol. The second-order valence-electron chi connectivity index (χ2n) is 3.60. The van der Waals surface area contributed by atoms with E-state index in [0.29, 0.717) is 0 Å². The predicted octanol–water partition coefficient (Wildman–Crippen LogP) is 2.02. The summed E-state index contributed by atoms with van der Waals surface area (Å²) in [4.78, 5) is 13.1. The molecule has 0 radical (unpaired) electrons. The van der Waals surface area contributed by atoms with Gasteiger partial charge in [0.1, 0.15) is 0 Å². The van der Waals surface area contributed by atoms with Crippen LogP contribution in [0.1, 0.15) is 5.56 Å². The van der Waals surface area contributed by atoms with Crippen LogP contribution in [0.2, 0.25) is 0 Å². The Hall–Kier alpha value is -1.03. The van der Waals surface area contributed by atoms with E-state index in [1.165, 1.54) is 5.56 Å². The van der Waals surface area contributed by atoms with Gasteiger partial charge in [-0.2, -0.15) is 0 Å². The third-order valence-electron chi connectivity index (χ3n) is 2.53. The lowest BCUT2D eigenvalue weighted by molar-refractivity contribution is 0.218.